The van der Waals surface area contributed by atoms with Crippen LogP contribution in [0.3, 0.4) is 0 Å². The highest BCUT2D eigenvalue weighted by Gasteiger charge is 2.25. The van der Waals surface area contributed by atoms with E-state index in [1.165, 1.54) is 19.3 Å². The van der Waals surface area contributed by atoms with Gasteiger partial charge in [-0.2, -0.15) is 0 Å². The maximum absolute atomic E-state index is 11.4. The predicted octanol–water partition coefficient (Wildman–Crippen LogP) is 1.86. The maximum atomic E-state index is 11.4. The summed E-state index contributed by atoms with van der Waals surface area (Å²) in [7, 11) is 0. The molecule has 2 saturated heterocycles. The van der Waals surface area contributed by atoms with Gasteiger partial charge in [0.25, 0.3) is 0 Å². The Bertz CT molecular complexity index is 546. The average molecular weight is 333 g/mol. The summed E-state index contributed by atoms with van der Waals surface area (Å²) < 4.78 is 5.41. The topological polar surface area (TPSA) is 65.9 Å². The number of piperidine rings is 1. The van der Waals surface area contributed by atoms with E-state index in [0.717, 1.165) is 45.8 Å². The van der Waals surface area contributed by atoms with Crippen LogP contribution in [0.5, 0.6) is 0 Å². The number of carboxylic acid groups (broad SMARTS) is 1. The Morgan fingerprint density at radius 3 is 2.92 bits per heavy atom. The molecule has 2 fully saturated rings. The van der Waals surface area contributed by atoms with Crippen LogP contribution < -0.4 is 0 Å². The zero-order valence-electron chi connectivity index (χ0n) is 14.2. The first-order valence-corrected chi connectivity index (χ1v) is 8.95. The number of nitrogens with zero attached hydrogens (tertiary/aromatic N) is 3. The minimum Gasteiger partial charge on any atom is -0.478 e. The van der Waals surface area contributed by atoms with Gasteiger partial charge in [0.1, 0.15) is 0 Å². The fourth-order valence-electron chi connectivity index (χ4n) is 3.70. The number of pyridine rings is 1. The summed E-state index contributed by atoms with van der Waals surface area (Å²) in [5.41, 5.74) is 1.01. The van der Waals surface area contributed by atoms with E-state index in [1.54, 1.807) is 18.3 Å². The molecular formula is C18H27N3O3. The van der Waals surface area contributed by atoms with E-state index in [9.17, 15) is 9.90 Å². The highest BCUT2D eigenvalue weighted by molar-refractivity contribution is 5.88. The van der Waals surface area contributed by atoms with Crippen molar-refractivity contribution in [3.8, 4) is 0 Å². The molecule has 0 spiro atoms. The number of likely N-dealkylation sites (tertiary alicyclic amines) is 1. The number of rotatable bonds is 6. The van der Waals surface area contributed by atoms with E-state index in [4.69, 9.17) is 4.74 Å². The molecule has 1 N–H and O–H groups in total. The molecule has 6 nitrogen and oxygen atoms in total. The molecular weight excluding hydrogens is 306 g/mol. The molecule has 3 heterocycles. The van der Waals surface area contributed by atoms with Gasteiger partial charge in [-0.25, -0.2) is 4.79 Å². The lowest BCUT2D eigenvalue weighted by Gasteiger charge is -2.37. The number of carbonyl (C=O) groups is 1. The molecule has 2 aliphatic heterocycles. The molecule has 1 aromatic heterocycles. The number of aromatic nitrogens is 1. The van der Waals surface area contributed by atoms with Crippen LogP contribution in [0.1, 0.15) is 41.7 Å². The highest BCUT2D eigenvalue weighted by Crippen LogP contribution is 2.23. The van der Waals surface area contributed by atoms with Gasteiger partial charge in [0.15, 0.2) is 0 Å². The molecule has 24 heavy (non-hydrogen) atoms. The number of carboxylic acids is 1. The molecule has 132 valence electrons. The second-order valence-corrected chi connectivity index (χ2v) is 6.67. The summed E-state index contributed by atoms with van der Waals surface area (Å²) in [4.78, 5) is 20.6. The number of morpholine rings is 1. The van der Waals surface area contributed by atoms with Crippen molar-refractivity contribution < 1.29 is 14.6 Å². The molecule has 0 aromatic carbocycles. The summed E-state index contributed by atoms with van der Waals surface area (Å²) in [6.07, 6.45) is 6.46. The number of hydrogen-bond acceptors (Lipinski definition) is 5. The van der Waals surface area contributed by atoms with Crippen molar-refractivity contribution in [2.24, 2.45) is 0 Å². The normalized spacial score (nSPS) is 23.2. The third-order valence-corrected chi connectivity index (χ3v) is 5.10. The Kier molecular flexibility index (Phi) is 6.18. The molecule has 1 aromatic rings. The monoisotopic (exact) mass is 333 g/mol. The van der Waals surface area contributed by atoms with Gasteiger partial charge >= 0.3 is 5.97 Å². The van der Waals surface area contributed by atoms with Crippen LogP contribution in [0, 0.1) is 0 Å². The van der Waals surface area contributed by atoms with Crippen LogP contribution in [0.25, 0.3) is 0 Å². The fraction of sp³-hybridized carbons (Fsp3) is 0.667. The Morgan fingerprint density at radius 1 is 1.29 bits per heavy atom. The summed E-state index contributed by atoms with van der Waals surface area (Å²) in [5, 5.41) is 9.36. The van der Waals surface area contributed by atoms with Crippen molar-refractivity contribution in [3.05, 3.63) is 29.6 Å². The second kappa shape index (κ2) is 8.55. The summed E-state index contributed by atoms with van der Waals surface area (Å²) >= 11 is 0. The van der Waals surface area contributed by atoms with E-state index in [-0.39, 0.29) is 0 Å². The zero-order valence-corrected chi connectivity index (χ0v) is 14.2. The van der Waals surface area contributed by atoms with E-state index >= 15 is 0 Å². The first-order valence-electron chi connectivity index (χ1n) is 8.95. The molecule has 1 atom stereocenters. The van der Waals surface area contributed by atoms with Gasteiger partial charge in [-0.3, -0.25) is 14.8 Å². The Labute approximate surface area is 143 Å². The number of aromatic carboxylic acids is 1. The zero-order chi connectivity index (χ0) is 16.8. The van der Waals surface area contributed by atoms with Crippen molar-refractivity contribution in [1.82, 2.24) is 14.8 Å². The van der Waals surface area contributed by atoms with Crippen molar-refractivity contribution in [3.63, 3.8) is 0 Å². The number of ether oxygens (including phenoxy) is 1. The Morgan fingerprint density at radius 2 is 2.12 bits per heavy atom. The van der Waals surface area contributed by atoms with E-state index in [2.05, 4.69) is 14.8 Å². The van der Waals surface area contributed by atoms with Gasteiger partial charge in [0.2, 0.25) is 0 Å². The van der Waals surface area contributed by atoms with Gasteiger partial charge in [0, 0.05) is 31.9 Å². The molecule has 0 saturated carbocycles. The smallest absolute Gasteiger partial charge is 0.337 e. The minimum atomic E-state index is -0.889. The molecule has 0 aliphatic carbocycles. The molecule has 0 radical (unpaired) electrons. The third-order valence-electron chi connectivity index (χ3n) is 5.10. The van der Waals surface area contributed by atoms with Crippen molar-refractivity contribution >= 4 is 5.97 Å². The molecule has 0 bridgehead atoms. The summed E-state index contributed by atoms with van der Waals surface area (Å²) in [6, 6.07) is 3.86. The lowest BCUT2D eigenvalue weighted by atomic mass is 9.98. The lowest BCUT2D eigenvalue weighted by molar-refractivity contribution is 0.0301. The van der Waals surface area contributed by atoms with E-state index in [1.807, 2.05) is 0 Å². The average Bonchev–Trinajstić information content (AvgIpc) is 2.62. The van der Waals surface area contributed by atoms with Gasteiger partial charge in [-0.05, 0) is 44.5 Å². The van der Waals surface area contributed by atoms with Gasteiger partial charge in [-0.15, -0.1) is 0 Å². The molecule has 0 unspecified atom stereocenters. The largest absolute Gasteiger partial charge is 0.478 e. The minimum absolute atomic E-state index is 0.329. The lowest BCUT2D eigenvalue weighted by Crippen LogP contribution is -2.43. The summed E-state index contributed by atoms with van der Waals surface area (Å²) in [6.45, 7) is 6.49. The van der Waals surface area contributed by atoms with Crippen LogP contribution in [0.4, 0.5) is 0 Å². The van der Waals surface area contributed by atoms with Crippen molar-refractivity contribution in [1.29, 1.82) is 0 Å². The Balaban J connectivity index is 1.61. The first kappa shape index (κ1) is 17.3. The van der Waals surface area contributed by atoms with E-state index < -0.39 is 5.97 Å². The second-order valence-electron chi connectivity index (χ2n) is 6.67. The molecule has 2 aliphatic rings. The quantitative estimate of drug-likeness (QED) is 0.857. The van der Waals surface area contributed by atoms with Crippen LogP contribution >= 0.6 is 0 Å². The van der Waals surface area contributed by atoms with Crippen LogP contribution in [-0.4, -0.2) is 71.3 Å². The van der Waals surface area contributed by atoms with E-state index in [0.29, 0.717) is 23.8 Å². The SMILES string of the molecule is O=C(O)c1cccnc1CN1CCCC[C@@H]1CCN1CCOCC1. The highest BCUT2D eigenvalue weighted by atomic mass is 16.5. The molecule has 6 heteroatoms. The van der Waals surface area contributed by atoms with Gasteiger partial charge in [-0.1, -0.05) is 6.42 Å². The first-order chi connectivity index (χ1) is 11.7. The Hall–Kier alpha value is -1.50. The van der Waals surface area contributed by atoms with Crippen LogP contribution in [0.15, 0.2) is 18.3 Å². The number of hydrogen-bond donors (Lipinski definition) is 1. The predicted molar refractivity (Wildman–Crippen MR) is 91.1 cm³/mol. The van der Waals surface area contributed by atoms with Gasteiger partial charge < -0.3 is 9.84 Å². The maximum Gasteiger partial charge on any atom is 0.337 e. The molecule has 3 rings (SSSR count). The van der Waals surface area contributed by atoms with Gasteiger partial charge in [0.05, 0.1) is 24.5 Å². The molecule has 0 amide bonds. The summed E-state index contributed by atoms with van der Waals surface area (Å²) in [5.74, 6) is -0.889. The van der Waals surface area contributed by atoms with Crippen LogP contribution in [-0.2, 0) is 11.3 Å². The fourth-order valence-corrected chi connectivity index (χ4v) is 3.70. The van der Waals surface area contributed by atoms with Crippen molar-refractivity contribution in [2.45, 2.75) is 38.3 Å². The third kappa shape index (κ3) is 4.53. The standard InChI is InChI=1S/C18H27N3O3/c22-18(23)16-5-3-7-19-17(16)14-21-8-2-1-4-15(21)6-9-20-10-12-24-13-11-20/h3,5,7,15H,1-2,4,6,8-14H2,(H,22,23)/t15-/m1/s1. The van der Waals surface area contributed by atoms with Crippen molar-refractivity contribution in [2.75, 3.05) is 39.4 Å². The van der Waals surface area contributed by atoms with Crippen LogP contribution in [0.2, 0.25) is 0 Å².